The van der Waals surface area contributed by atoms with Crippen molar-refractivity contribution < 1.29 is 19.3 Å². The summed E-state index contributed by atoms with van der Waals surface area (Å²) in [6.07, 6.45) is -0.353. The highest BCUT2D eigenvalue weighted by Gasteiger charge is 2.52. The number of aliphatic hydroxyl groups excluding tert-OH is 1. The number of hydrogen-bond donors (Lipinski definition) is 2. The van der Waals surface area contributed by atoms with Gasteiger partial charge in [0.15, 0.2) is 6.23 Å². The lowest BCUT2D eigenvalue weighted by Gasteiger charge is -2.20. The second kappa shape index (κ2) is 4.20. The van der Waals surface area contributed by atoms with Crippen LogP contribution in [-0.2, 0) is 14.2 Å². The number of nitrogen functional groups attached to an aromatic ring is 1. The Labute approximate surface area is 104 Å². The molecule has 0 amide bonds. The summed E-state index contributed by atoms with van der Waals surface area (Å²) in [5, 5.41) is 9.72. The lowest BCUT2D eigenvalue weighted by molar-refractivity contribution is -0.125. The molecule has 18 heavy (non-hydrogen) atoms. The number of anilines is 1. The predicted molar refractivity (Wildman–Crippen MR) is 61.6 cm³/mol. The molecule has 1 aromatic heterocycles. The molecule has 0 aromatic carbocycles. The smallest absolute Gasteiger partial charge is 0.166 e. The summed E-state index contributed by atoms with van der Waals surface area (Å²) in [6, 6.07) is 0. The second-order valence-electron chi connectivity index (χ2n) is 4.73. The zero-order chi connectivity index (χ0) is 12.9. The molecular formula is C11H17N3O4. The number of nitrogens with zero attached hydrogens (tertiary/aromatic N) is 2. The van der Waals surface area contributed by atoms with E-state index in [-0.39, 0.29) is 19.0 Å². The maximum atomic E-state index is 9.72. The molecular weight excluding hydrogens is 238 g/mol. The van der Waals surface area contributed by atoms with Crippen molar-refractivity contribution in [3.8, 4) is 0 Å². The van der Waals surface area contributed by atoms with E-state index < -0.39 is 18.4 Å². The van der Waals surface area contributed by atoms with Crippen LogP contribution < -0.4 is 5.73 Å². The predicted octanol–water partition coefficient (Wildman–Crippen LogP) is -0.207. The number of imidazole rings is 1. The fourth-order valence-electron chi connectivity index (χ4n) is 2.51. The van der Waals surface area contributed by atoms with Gasteiger partial charge in [0.1, 0.15) is 30.9 Å². The van der Waals surface area contributed by atoms with E-state index in [0.29, 0.717) is 5.82 Å². The van der Waals surface area contributed by atoms with E-state index >= 15 is 0 Å². The first-order valence-electron chi connectivity index (χ1n) is 5.95. The van der Waals surface area contributed by atoms with Gasteiger partial charge in [-0.15, -0.1) is 0 Å². The van der Waals surface area contributed by atoms with Gasteiger partial charge in [0.05, 0.1) is 18.1 Å². The minimum absolute atomic E-state index is 0.214. The molecule has 2 saturated heterocycles. The lowest BCUT2D eigenvalue weighted by atomic mass is 10.1. The monoisotopic (exact) mass is 255 g/mol. The molecule has 100 valence electrons. The van der Waals surface area contributed by atoms with Gasteiger partial charge in [-0.3, -0.25) is 4.57 Å². The first kappa shape index (κ1) is 11.9. The van der Waals surface area contributed by atoms with Gasteiger partial charge < -0.3 is 25.1 Å². The summed E-state index contributed by atoms with van der Waals surface area (Å²) >= 11 is 0. The van der Waals surface area contributed by atoms with Crippen LogP contribution in [0, 0.1) is 6.92 Å². The molecule has 7 nitrogen and oxygen atoms in total. The topological polar surface area (TPSA) is 91.8 Å². The van der Waals surface area contributed by atoms with E-state index in [1.807, 2.05) is 6.92 Å². The summed E-state index contributed by atoms with van der Waals surface area (Å²) in [7, 11) is 0. The molecule has 2 fully saturated rings. The van der Waals surface area contributed by atoms with Gasteiger partial charge >= 0.3 is 0 Å². The van der Waals surface area contributed by atoms with Crippen LogP contribution in [0.1, 0.15) is 18.8 Å². The van der Waals surface area contributed by atoms with Crippen molar-refractivity contribution in [3.05, 3.63) is 12.0 Å². The van der Waals surface area contributed by atoms with Crippen LogP contribution in [-0.4, -0.2) is 45.9 Å². The fraction of sp³-hybridized carbons (Fsp3) is 0.727. The molecule has 3 N–H and O–H groups in total. The molecule has 7 heteroatoms. The third-order valence-electron chi connectivity index (χ3n) is 3.52. The Balaban J connectivity index is 1.91. The Morgan fingerprint density at radius 2 is 2.22 bits per heavy atom. The Bertz CT molecular complexity index is 447. The van der Waals surface area contributed by atoms with E-state index in [4.69, 9.17) is 19.9 Å². The van der Waals surface area contributed by atoms with Gasteiger partial charge in [0.25, 0.3) is 0 Å². The molecule has 5 unspecified atom stereocenters. The number of rotatable bonds is 2. The normalized spacial score (nSPS) is 36.8. The molecule has 0 bridgehead atoms. The molecule has 2 aliphatic heterocycles. The van der Waals surface area contributed by atoms with Crippen molar-refractivity contribution in [2.75, 3.05) is 12.5 Å². The van der Waals surface area contributed by atoms with Gasteiger partial charge in [-0.25, -0.2) is 4.98 Å². The van der Waals surface area contributed by atoms with Crippen molar-refractivity contribution in [2.45, 2.75) is 44.5 Å². The molecule has 0 aliphatic carbocycles. The summed E-state index contributed by atoms with van der Waals surface area (Å²) in [6.45, 7) is 3.72. The maximum Gasteiger partial charge on any atom is 0.166 e. The average Bonchev–Trinajstić information content (AvgIpc) is 2.96. The molecule has 0 spiro atoms. The SMILES string of the molecule is Cc1ncn(C2OC(C(C)O)C3OCOC32)c1N. The number of hydrogen-bond acceptors (Lipinski definition) is 6. The summed E-state index contributed by atoms with van der Waals surface area (Å²) in [5.74, 6) is 0.542. The molecule has 0 radical (unpaired) electrons. The van der Waals surface area contributed by atoms with Gasteiger partial charge in [0, 0.05) is 0 Å². The van der Waals surface area contributed by atoms with Gasteiger partial charge in [-0.05, 0) is 13.8 Å². The Kier molecular flexibility index (Phi) is 2.78. The minimum atomic E-state index is -0.630. The highest BCUT2D eigenvalue weighted by atomic mass is 16.7. The van der Waals surface area contributed by atoms with Crippen LogP contribution >= 0.6 is 0 Å². The summed E-state index contributed by atoms with van der Waals surface area (Å²) in [5.41, 5.74) is 6.69. The van der Waals surface area contributed by atoms with Crippen molar-refractivity contribution in [2.24, 2.45) is 0 Å². The zero-order valence-corrected chi connectivity index (χ0v) is 10.3. The Morgan fingerprint density at radius 3 is 2.83 bits per heavy atom. The lowest BCUT2D eigenvalue weighted by Crippen LogP contribution is -2.35. The molecule has 1 aromatic rings. The first-order valence-corrected chi connectivity index (χ1v) is 5.95. The van der Waals surface area contributed by atoms with Crippen LogP contribution in [0.2, 0.25) is 0 Å². The van der Waals surface area contributed by atoms with Gasteiger partial charge in [0.2, 0.25) is 0 Å². The molecule has 2 aliphatic rings. The molecule has 0 saturated carbocycles. The number of fused-ring (bicyclic) bond motifs is 1. The summed E-state index contributed by atoms with van der Waals surface area (Å²) in [4.78, 5) is 4.14. The number of ether oxygens (including phenoxy) is 3. The van der Waals surface area contributed by atoms with E-state index in [9.17, 15) is 5.11 Å². The van der Waals surface area contributed by atoms with Crippen LogP contribution in [0.15, 0.2) is 6.33 Å². The van der Waals surface area contributed by atoms with Crippen molar-refractivity contribution in [3.63, 3.8) is 0 Å². The van der Waals surface area contributed by atoms with Crippen molar-refractivity contribution in [1.82, 2.24) is 9.55 Å². The third-order valence-corrected chi connectivity index (χ3v) is 3.52. The first-order chi connectivity index (χ1) is 8.59. The van der Waals surface area contributed by atoms with Crippen LogP contribution in [0.25, 0.3) is 0 Å². The van der Waals surface area contributed by atoms with Crippen LogP contribution in [0.4, 0.5) is 5.82 Å². The van der Waals surface area contributed by atoms with Gasteiger partial charge in [-0.1, -0.05) is 0 Å². The molecule has 5 atom stereocenters. The molecule has 3 heterocycles. The highest BCUT2D eigenvalue weighted by molar-refractivity contribution is 5.35. The zero-order valence-electron chi connectivity index (χ0n) is 10.3. The van der Waals surface area contributed by atoms with Crippen molar-refractivity contribution >= 4 is 5.82 Å². The van der Waals surface area contributed by atoms with E-state index in [2.05, 4.69) is 4.98 Å². The largest absolute Gasteiger partial charge is 0.391 e. The average molecular weight is 255 g/mol. The quantitative estimate of drug-likeness (QED) is 0.760. The third kappa shape index (κ3) is 1.63. The van der Waals surface area contributed by atoms with Gasteiger partial charge in [-0.2, -0.15) is 0 Å². The van der Waals surface area contributed by atoms with E-state index in [1.165, 1.54) is 0 Å². The fourth-order valence-corrected chi connectivity index (χ4v) is 2.51. The molecule has 3 rings (SSSR count). The summed E-state index contributed by atoms with van der Waals surface area (Å²) < 4.78 is 18.5. The minimum Gasteiger partial charge on any atom is -0.391 e. The van der Waals surface area contributed by atoms with Crippen molar-refractivity contribution in [1.29, 1.82) is 0 Å². The standard InChI is InChI=1S/C11H17N3O4/c1-5-10(12)14(3-13-5)11-9-8(16-4-17-9)7(18-11)6(2)15/h3,6-9,11,15H,4,12H2,1-2H3. The second-order valence-corrected chi connectivity index (χ2v) is 4.73. The van der Waals surface area contributed by atoms with E-state index in [0.717, 1.165) is 5.69 Å². The Morgan fingerprint density at radius 1 is 1.50 bits per heavy atom. The maximum absolute atomic E-state index is 9.72. The Hall–Kier alpha value is -1.15. The van der Waals surface area contributed by atoms with Crippen LogP contribution in [0.5, 0.6) is 0 Å². The van der Waals surface area contributed by atoms with E-state index in [1.54, 1.807) is 17.8 Å². The number of aryl methyl sites for hydroxylation is 1. The number of aliphatic hydroxyl groups is 1. The number of nitrogens with two attached hydrogens (primary N) is 1. The number of aromatic nitrogens is 2. The van der Waals surface area contributed by atoms with Crippen LogP contribution in [0.3, 0.4) is 0 Å². The highest BCUT2D eigenvalue weighted by Crippen LogP contribution is 2.39.